The molecule has 1 aliphatic rings. The van der Waals surface area contributed by atoms with Crippen molar-refractivity contribution in [2.45, 2.75) is 19.8 Å². The molecule has 70 valence electrons. The van der Waals surface area contributed by atoms with Crippen molar-refractivity contribution in [1.82, 2.24) is 5.32 Å². The fourth-order valence-corrected chi connectivity index (χ4v) is 1.79. The summed E-state index contributed by atoms with van der Waals surface area (Å²) in [6.07, 6.45) is 2.59. The molecule has 0 radical (unpaired) electrons. The minimum absolute atomic E-state index is 0.931. The Morgan fingerprint density at radius 1 is 1.38 bits per heavy atom. The molecule has 1 aromatic carbocycles. The Balaban J connectivity index is 1.86. The quantitative estimate of drug-likeness (QED) is 0.742. The second kappa shape index (κ2) is 3.93. The second-order valence-electron chi connectivity index (χ2n) is 4.05. The lowest BCUT2D eigenvalue weighted by atomic mass is 9.94. The van der Waals surface area contributed by atoms with Crippen LogP contribution in [-0.4, -0.2) is 13.1 Å². The first kappa shape index (κ1) is 8.76. The van der Waals surface area contributed by atoms with E-state index in [1.165, 1.54) is 37.1 Å². The van der Waals surface area contributed by atoms with E-state index < -0.39 is 0 Å². The van der Waals surface area contributed by atoms with Gasteiger partial charge in [-0.1, -0.05) is 29.8 Å². The van der Waals surface area contributed by atoms with Crippen LogP contribution in [0.3, 0.4) is 0 Å². The lowest BCUT2D eigenvalue weighted by Crippen LogP contribution is -2.42. The zero-order valence-corrected chi connectivity index (χ0v) is 8.22. The number of aryl methyl sites for hydroxylation is 2. The molecule has 0 spiro atoms. The van der Waals surface area contributed by atoms with Crippen LogP contribution in [0.2, 0.25) is 0 Å². The SMILES string of the molecule is Cc1cccc(CCC2CNC2)c1. The van der Waals surface area contributed by atoms with Gasteiger partial charge in [0.2, 0.25) is 0 Å². The van der Waals surface area contributed by atoms with Gasteiger partial charge in [0.05, 0.1) is 0 Å². The lowest BCUT2D eigenvalue weighted by Gasteiger charge is -2.26. The van der Waals surface area contributed by atoms with Gasteiger partial charge in [0.25, 0.3) is 0 Å². The highest BCUT2D eigenvalue weighted by Crippen LogP contribution is 2.13. The van der Waals surface area contributed by atoms with Gasteiger partial charge >= 0.3 is 0 Å². The second-order valence-corrected chi connectivity index (χ2v) is 4.05. The molecule has 0 aliphatic carbocycles. The topological polar surface area (TPSA) is 12.0 Å². The van der Waals surface area contributed by atoms with Crippen molar-refractivity contribution < 1.29 is 0 Å². The molecule has 1 saturated heterocycles. The maximum absolute atomic E-state index is 3.31. The van der Waals surface area contributed by atoms with Crippen molar-refractivity contribution in [3.8, 4) is 0 Å². The van der Waals surface area contributed by atoms with Crippen LogP contribution >= 0.6 is 0 Å². The largest absolute Gasteiger partial charge is 0.316 e. The molecule has 1 fully saturated rings. The molecule has 0 saturated carbocycles. The molecule has 0 bridgehead atoms. The van der Waals surface area contributed by atoms with Gasteiger partial charge in [0.15, 0.2) is 0 Å². The van der Waals surface area contributed by atoms with Crippen LogP contribution in [0, 0.1) is 12.8 Å². The maximum atomic E-state index is 3.31. The Labute approximate surface area is 80.2 Å². The molecule has 0 atom stereocenters. The van der Waals surface area contributed by atoms with Crippen LogP contribution in [-0.2, 0) is 6.42 Å². The van der Waals surface area contributed by atoms with Crippen molar-refractivity contribution in [3.63, 3.8) is 0 Å². The van der Waals surface area contributed by atoms with Crippen molar-refractivity contribution >= 4 is 0 Å². The molecular weight excluding hydrogens is 158 g/mol. The van der Waals surface area contributed by atoms with E-state index in [4.69, 9.17) is 0 Å². The van der Waals surface area contributed by atoms with Crippen LogP contribution in [0.4, 0.5) is 0 Å². The normalized spacial score (nSPS) is 17.0. The number of hydrogen-bond donors (Lipinski definition) is 1. The van der Waals surface area contributed by atoms with E-state index in [-0.39, 0.29) is 0 Å². The van der Waals surface area contributed by atoms with Gasteiger partial charge < -0.3 is 5.32 Å². The summed E-state index contributed by atoms with van der Waals surface area (Å²) in [4.78, 5) is 0. The highest BCUT2D eigenvalue weighted by molar-refractivity contribution is 5.22. The Kier molecular flexibility index (Phi) is 2.65. The average Bonchev–Trinajstić information content (AvgIpc) is 2.01. The average molecular weight is 175 g/mol. The highest BCUT2D eigenvalue weighted by Gasteiger charge is 2.15. The molecule has 1 N–H and O–H groups in total. The van der Waals surface area contributed by atoms with Crippen molar-refractivity contribution in [1.29, 1.82) is 0 Å². The summed E-state index contributed by atoms with van der Waals surface area (Å²) in [6, 6.07) is 8.85. The van der Waals surface area contributed by atoms with E-state index in [2.05, 4.69) is 36.5 Å². The molecule has 1 aliphatic heterocycles. The van der Waals surface area contributed by atoms with E-state index in [0.29, 0.717) is 0 Å². The first-order valence-corrected chi connectivity index (χ1v) is 5.11. The fraction of sp³-hybridized carbons (Fsp3) is 0.500. The van der Waals surface area contributed by atoms with E-state index in [1.54, 1.807) is 0 Å². The lowest BCUT2D eigenvalue weighted by molar-refractivity contribution is 0.328. The summed E-state index contributed by atoms with van der Waals surface area (Å²) in [5.41, 5.74) is 2.87. The third kappa shape index (κ3) is 2.31. The molecule has 1 aromatic rings. The third-order valence-electron chi connectivity index (χ3n) is 2.79. The molecule has 0 amide bonds. The van der Waals surface area contributed by atoms with E-state index in [9.17, 15) is 0 Å². The number of nitrogens with one attached hydrogen (secondary N) is 1. The zero-order chi connectivity index (χ0) is 9.10. The summed E-state index contributed by atoms with van der Waals surface area (Å²) in [6.45, 7) is 4.62. The third-order valence-corrected chi connectivity index (χ3v) is 2.79. The minimum Gasteiger partial charge on any atom is -0.316 e. The van der Waals surface area contributed by atoms with E-state index in [0.717, 1.165) is 5.92 Å². The first-order chi connectivity index (χ1) is 6.34. The highest BCUT2D eigenvalue weighted by atomic mass is 14.9. The van der Waals surface area contributed by atoms with E-state index in [1.807, 2.05) is 0 Å². The van der Waals surface area contributed by atoms with Gasteiger partial charge in [-0.2, -0.15) is 0 Å². The molecule has 13 heavy (non-hydrogen) atoms. The minimum atomic E-state index is 0.931. The Hall–Kier alpha value is -0.820. The van der Waals surface area contributed by atoms with Gasteiger partial charge in [0.1, 0.15) is 0 Å². The number of hydrogen-bond acceptors (Lipinski definition) is 1. The summed E-state index contributed by atoms with van der Waals surface area (Å²) >= 11 is 0. The summed E-state index contributed by atoms with van der Waals surface area (Å²) in [5.74, 6) is 0.931. The summed E-state index contributed by atoms with van der Waals surface area (Å²) < 4.78 is 0. The Morgan fingerprint density at radius 3 is 2.85 bits per heavy atom. The first-order valence-electron chi connectivity index (χ1n) is 5.11. The summed E-state index contributed by atoms with van der Waals surface area (Å²) in [7, 11) is 0. The van der Waals surface area contributed by atoms with Crippen molar-refractivity contribution in [2.24, 2.45) is 5.92 Å². The van der Waals surface area contributed by atoms with Crippen LogP contribution in [0.15, 0.2) is 24.3 Å². The number of rotatable bonds is 3. The van der Waals surface area contributed by atoms with E-state index >= 15 is 0 Å². The molecular formula is C12H17N. The van der Waals surface area contributed by atoms with Gasteiger partial charge in [0, 0.05) is 0 Å². The smallest absolute Gasteiger partial charge is 0.000814 e. The molecule has 1 nitrogen and oxygen atoms in total. The predicted octanol–water partition coefficient (Wildman–Crippen LogP) is 2.15. The predicted molar refractivity (Wildman–Crippen MR) is 55.9 cm³/mol. The van der Waals surface area contributed by atoms with Gasteiger partial charge in [-0.05, 0) is 44.3 Å². The summed E-state index contributed by atoms with van der Waals surface area (Å²) in [5, 5.41) is 3.31. The molecule has 1 heteroatoms. The molecule has 2 rings (SSSR count). The maximum Gasteiger partial charge on any atom is -0.000814 e. The Bertz CT molecular complexity index is 276. The van der Waals surface area contributed by atoms with Crippen LogP contribution in [0.5, 0.6) is 0 Å². The number of benzene rings is 1. The van der Waals surface area contributed by atoms with Crippen LogP contribution in [0.1, 0.15) is 17.5 Å². The van der Waals surface area contributed by atoms with Gasteiger partial charge in [-0.25, -0.2) is 0 Å². The van der Waals surface area contributed by atoms with Gasteiger partial charge in [-0.15, -0.1) is 0 Å². The molecule has 1 heterocycles. The fourth-order valence-electron chi connectivity index (χ4n) is 1.79. The van der Waals surface area contributed by atoms with Gasteiger partial charge in [-0.3, -0.25) is 0 Å². The van der Waals surface area contributed by atoms with Crippen molar-refractivity contribution in [3.05, 3.63) is 35.4 Å². The van der Waals surface area contributed by atoms with Crippen molar-refractivity contribution in [2.75, 3.05) is 13.1 Å². The molecule has 0 unspecified atom stereocenters. The molecule has 0 aromatic heterocycles. The van der Waals surface area contributed by atoms with Crippen LogP contribution < -0.4 is 5.32 Å². The zero-order valence-electron chi connectivity index (χ0n) is 8.22. The monoisotopic (exact) mass is 175 g/mol. The Morgan fingerprint density at radius 2 is 2.23 bits per heavy atom. The standard InChI is InChI=1S/C12H17N/c1-10-3-2-4-11(7-10)5-6-12-8-13-9-12/h2-4,7,12-13H,5-6,8-9H2,1H3. The van der Waals surface area contributed by atoms with Crippen LogP contribution in [0.25, 0.3) is 0 Å².